The third-order valence-corrected chi connectivity index (χ3v) is 4.09. The highest BCUT2D eigenvalue weighted by Gasteiger charge is 2.23. The molecule has 25 heavy (non-hydrogen) atoms. The Bertz CT molecular complexity index is 531. The number of rotatable bonds is 5. The van der Waals surface area contributed by atoms with E-state index in [1.54, 1.807) is 11.9 Å². The lowest BCUT2D eigenvalue weighted by Crippen LogP contribution is -2.54. The number of amides is 1. The van der Waals surface area contributed by atoms with Gasteiger partial charge in [0, 0.05) is 39.8 Å². The highest BCUT2D eigenvalue weighted by Crippen LogP contribution is 2.05. The van der Waals surface area contributed by atoms with E-state index >= 15 is 0 Å². The fraction of sp³-hybridized carbons (Fsp3) is 0.556. The molecule has 1 N–H and O–H groups in total. The van der Waals surface area contributed by atoms with E-state index in [4.69, 9.17) is 4.74 Å². The second kappa shape index (κ2) is 11.9. The molecule has 0 saturated carbocycles. The molecule has 0 radical (unpaired) electrons. The summed E-state index contributed by atoms with van der Waals surface area (Å²) in [6.45, 7) is 6.03. The van der Waals surface area contributed by atoms with Crippen LogP contribution < -0.4 is 5.32 Å². The van der Waals surface area contributed by atoms with Crippen LogP contribution in [0, 0.1) is 0 Å². The number of hydrogen-bond acceptors (Lipinski definition) is 3. The van der Waals surface area contributed by atoms with Crippen LogP contribution in [-0.4, -0.2) is 68.2 Å². The molecule has 0 aromatic heterocycles. The average molecular weight is 460 g/mol. The predicted octanol–water partition coefficient (Wildman–Crippen LogP) is 2.59. The number of carbonyl (C=O) groups is 1. The Morgan fingerprint density at radius 2 is 1.80 bits per heavy atom. The monoisotopic (exact) mass is 460 g/mol. The van der Waals surface area contributed by atoms with Crippen LogP contribution >= 0.6 is 24.0 Å². The number of aryl methyl sites for hydroxylation is 1. The molecule has 1 aromatic carbocycles. The van der Waals surface area contributed by atoms with Gasteiger partial charge >= 0.3 is 6.09 Å². The van der Waals surface area contributed by atoms with Gasteiger partial charge in [-0.15, -0.1) is 24.0 Å². The minimum absolute atomic E-state index is 0. The zero-order valence-electron chi connectivity index (χ0n) is 15.1. The molecule has 1 aromatic rings. The summed E-state index contributed by atoms with van der Waals surface area (Å²) >= 11 is 0. The van der Waals surface area contributed by atoms with Crippen molar-refractivity contribution in [2.75, 3.05) is 46.4 Å². The normalized spacial score (nSPS) is 14.7. The van der Waals surface area contributed by atoms with Crippen LogP contribution in [0.15, 0.2) is 35.3 Å². The molecule has 6 nitrogen and oxygen atoms in total. The molecule has 0 bridgehead atoms. The Kier molecular flexibility index (Phi) is 10.3. The molecule has 1 saturated heterocycles. The number of ether oxygens (including phenoxy) is 1. The molecule has 0 spiro atoms. The number of halogens is 1. The second-order valence-corrected chi connectivity index (χ2v) is 5.74. The van der Waals surface area contributed by atoms with Crippen LogP contribution in [0.2, 0.25) is 0 Å². The Labute approximate surface area is 167 Å². The van der Waals surface area contributed by atoms with E-state index in [2.05, 4.69) is 39.5 Å². The number of hydrogen-bond donors (Lipinski definition) is 1. The second-order valence-electron chi connectivity index (χ2n) is 5.74. The summed E-state index contributed by atoms with van der Waals surface area (Å²) in [7, 11) is 1.80. The number of nitrogens with one attached hydrogen (secondary N) is 1. The minimum atomic E-state index is -0.219. The maximum atomic E-state index is 11.7. The first-order chi connectivity index (χ1) is 11.7. The molecule has 140 valence electrons. The van der Waals surface area contributed by atoms with Crippen LogP contribution in [0.3, 0.4) is 0 Å². The lowest BCUT2D eigenvalue weighted by atomic mass is 10.1. The zero-order valence-corrected chi connectivity index (χ0v) is 17.4. The van der Waals surface area contributed by atoms with E-state index in [0.29, 0.717) is 19.7 Å². The van der Waals surface area contributed by atoms with E-state index in [1.807, 2.05) is 13.0 Å². The summed E-state index contributed by atoms with van der Waals surface area (Å²) in [6.07, 6.45) is 1.90. The molecular formula is C18H29IN4O2. The van der Waals surface area contributed by atoms with Gasteiger partial charge < -0.3 is 19.9 Å². The highest BCUT2D eigenvalue weighted by atomic mass is 127. The van der Waals surface area contributed by atoms with Gasteiger partial charge in [0.1, 0.15) is 0 Å². The van der Waals surface area contributed by atoms with Gasteiger partial charge in [0.2, 0.25) is 0 Å². The summed E-state index contributed by atoms with van der Waals surface area (Å²) in [5.41, 5.74) is 1.36. The molecule has 1 amide bonds. The van der Waals surface area contributed by atoms with Crippen LogP contribution in [0.1, 0.15) is 18.9 Å². The van der Waals surface area contributed by atoms with Crippen molar-refractivity contribution >= 4 is 36.0 Å². The molecule has 7 heteroatoms. The molecule has 1 aliphatic rings. The molecule has 1 heterocycles. The average Bonchev–Trinajstić information content (AvgIpc) is 2.63. The van der Waals surface area contributed by atoms with Gasteiger partial charge in [-0.1, -0.05) is 30.3 Å². The predicted molar refractivity (Wildman–Crippen MR) is 112 cm³/mol. The van der Waals surface area contributed by atoms with Gasteiger partial charge in [-0.05, 0) is 25.3 Å². The van der Waals surface area contributed by atoms with Crippen molar-refractivity contribution in [1.29, 1.82) is 0 Å². The van der Waals surface area contributed by atoms with Gasteiger partial charge in [-0.3, -0.25) is 4.99 Å². The Morgan fingerprint density at radius 1 is 1.16 bits per heavy atom. The zero-order chi connectivity index (χ0) is 17.2. The number of carbonyl (C=O) groups excluding carboxylic acids is 1. The van der Waals surface area contributed by atoms with E-state index in [9.17, 15) is 4.79 Å². The number of nitrogens with zero attached hydrogens (tertiary/aromatic N) is 3. The SMILES string of the molecule is CCOC(=O)N1CCN(C(=NC)NCCCc2ccccc2)CC1.I. The van der Waals surface area contributed by atoms with Gasteiger partial charge in [0.25, 0.3) is 0 Å². The lowest BCUT2D eigenvalue weighted by molar-refractivity contribution is 0.0914. The smallest absolute Gasteiger partial charge is 0.409 e. The third kappa shape index (κ3) is 7.09. The number of guanidine groups is 1. The van der Waals surface area contributed by atoms with Crippen molar-refractivity contribution < 1.29 is 9.53 Å². The molecule has 2 rings (SSSR count). The van der Waals surface area contributed by atoms with Crippen LogP contribution in [0.25, 0.3) is 0 Å². The van der Waals surface area contributed by atoms with Crippen molar-refractivity contribution in [1.82, 2.24) is 15.1 Å². The Balaban J connectivity index is 0.00000312. The number of aliphatic imine (C=N–C) groups is 1. The van der Waals surface area contributed by atoms with Crippen molar-refractivity contribution in [2.24, 2.45) is 4.99 Å². The van der Waals surface area contributed by atoms with E-state index in [-0.39, 0.29) is 30.1 Å². The van der Waals surface area contributed by atoms with E-state index < -0.39 is 0 Å². The lowest BCUT2D eigenvalue weighted by Gasteiger charge is -2.35. The molecule has 0 atom stereocenters. The largest absolute Gasteiger partial charge is 0.450 e. The maximum Gasteiger partial charge on any atom is 0.409 e. The molecule has 0 aliphatic carbocycles. The maximum absolute atomic E-state index is 11.7. The van der Waals surface area contributed by atoms with Crippen molar-refractivity contribution in [3.05, 3.63) is 35.9 Å². The first kappa shape index (κ1) is 21.5. The van der Waals surface area contributed by atoms with Gasteiger partial charge in [-0.2, -0.15) is 0 Å². The van der Waals surface area contributed by atoms with Gasteiger partial charge in [0.15, 0.2) is 5.96 Å². The van der Waals surface area contributed by atoms with Crippen LogP contribution in [0.4, 0.5) is 4.79 Å². The summed E-state index contributed by atoms with van der Waals surface area (Å²) in [5.74, 6) is 0.909. The quantitative estimate of drug-likeness (QED) is 0.318. The molecule has 1 fully saturated rings. The van der Waals surface area contributed by atoms with Gasteiger partial charge in [-0.25, -0.2) is 4.79 Å². The summed E-state index contributed by atoms with van der Waals surface area (Å²) in [6, 6.07) is 10.5. The third-order valence-electron chi connectivity index (χ3n) is 4.09. The van der Waals surface area contributed by atoms with Crippen LogP contribution in [0.5, 0.6) is 0 Å². The Morgan fingerprint density at radius 3 is 2.40 bits per heavy atom. The Hall–Kier alpha value is -1.51. The minimum Gasteiger partial charge on any atom is -0.450 e. The van der Waals surface area contributed by atoms with Crippen LogP contribution in [-0.2, 0) is 11.2 Å². The summed E-state index contributed by atoms with van der Waals surface area (Å²) < 4.78 is 5.05. The fourth-order valence-electron chi connectivity index (χ4n) is 2.79. The first-order valence-electron chi connectivity index (χ1n) is 8.65. The van der Waals surface area contributed by atoms with Gasteiger partial charge in [0.05, 0.1) is 6.61 Å². The molecule has 0 unspecified atom stereocenters. The summed E-state index contributed by atoms with van der Waals surface area (Å²) in [4.78, 5) is 20.0. The summed E-state index contributed by atoms with van der Waals surface area (Å²) in [5, 5.41) is 3.42. The molecule has 1 aliphatic heterocycles. The topological polar surface area (TPSA) is 57.2 Å². The number of piperazine rings is 1. The van der Waals surface area contributed by atoms with Crippen molar-refractivity contribution in [3.63, 3.8) is 0 Å². The standard InChI is InChI=1S/C18H28N4O2.HI/c1-3-24-18(23)22-14-12-21(13-15-22)17(19-2)20-11-7-10-16-8-5-4-6-9-16;/h4-6,8-9H,3,7,10-15H2,1-2H3,(H,19,20);1H. The van der Waals surface area contributed by atoms with E-state index in [1.165, 1.54) is 5.56 Å². The number of benzene rings is 1. The highest BCUT2D eigenvalue weighted by molar-refractivity contribution is 14.0. The molecular weight excluding hydrogens is 431 g/mol. The first-order valence-corrected chi connectivity index (χ1v) is 8.65. The van der Waals surface area contributed by atoms with Crippen molar-refractivity contribution in [3.8, 4) is 0 Å². The van der Waals surface area contributed by atoms with Crippen molar-refractivity contribution in [2.45, 2.75) is 19.8 Å². The van der Waals surface area contributed by atoms with E-state index in [0.717, 1.165) is 38.4 Å². The fourth-order valence-corrected chi connectivity index (χ4v) is 2.79.